The number of amides is 2. The molecule has 2 N–H and O–H groups in total. The van der Waals surface area contributed by atoms with E-state index in [2.05, 4.69) is 10.6 Å². The predicted molar refractivity (Wildman–Crippen MR) is 66.7 cm³/mol. The van der Waals surface area contributed by atoms with Gasteiger partial charge in [0.05, 0.1) is 0 Å². The summed E-state index contributed by atoms with van der Waals surface area (Å²) in [6, 6.07) is -1.44. The highest BCUT2D eigenvalue weighted by atomic mass is 16.6. The SMILES string of the molecule is CC(=O)N[C@@H](C)C(=O)N[C@@H](C)C(=O)OC(C)(C)C. The average molecular weight is 258 g/mol. The predicted octanol–water partition coefficient (Wildman–Crippen LogP) is 0.357. The molecule has 2 atom stereocenters. The van der Waals surface area contributed by atoms with Gasteiger partial charge in [0.25, 0.3) is 0 Å². The van der Waals surface area contributed by atoms with E-state index in [9.17, 15) is 14.4 Å². The van der Waals surface area contributed by atoms with Crippen LogP contribution < -0.4 is 10.6 Å². The van der Waals surface area contributed by atoms with E-state index in [1.54, 1.807) is 27.7 Å². The lowest BCUT2D eigenvalue weighted by molar-refractivity contribution is -0.158. The molecule has 0 fully saturated rings. The van der Waals surface area contributed by atoms with Gasteiger partial charge in [-0.15, -0.1) is 0 Å². The van der Waals surface area contributed by atoms with Crippen LogP contribution in [-0.2, 0) is 19.1 Å². The molecule has 0 aliphatic carbocycles. The second-order valence-electron chi connectivity index (χ2n) is 5.19. The van der Waals surface area contributed by atoms with Gasteiger partial charge in [-0.2, -0.15) is 0 Å². The van der Waals surface area contributed by atoms with E-state index < -0.39 is 29.6 Å². The number of rotatable bonds is 4. The topological polar surface area (TPSA) is 84.5 Å². The molecule has 18 heavy (non-hydrogen) atoms. The average Bonchev–Trinajstić information content (AvgIpc) is 2.13. The molecule has 104 valence electrons. The van der Waals surface area contributed by atoms with Crippen molar-refractivity contribution in [3.63, 3.8) is 0 Å². The number of esters is 1. The summed E-state index contributed by atoms with van der Waals surface area (Å²) in [5.41, 5.74) is -0.598. The Hall–Kier alpha value is -1.59. The van der Waals surface area contributed by atoms with Crippen molar-refractivity contribution in [3.05, 3.63) is 0 Å². The summed E-state index contributed by atoms with van der Waals surface area (Å²) in [6.45, 7) is 9.64. The highest BCUT2D eigenvalue weighted by molar-refractivity contribution is 5.89. The van der Waals surface area contributed by atoms with Crippen LogP contribution in [0.2, 0.25) is 0 Å². The first-order valence-corrected chi connectivity index (χ1v) is 5.83. The summed E-state index contributed by atoms with van der Waals surface area (Å²) in [5, 5.41) is 4.91. The zero-order valence-electron chi connectivity index (χ0n) is 11.8. The fourth-order valence-corrected chi connectivity index (χ4v) is 1.16. The molecule has 2 amide bonds. The molecule has 0 unspecified atom stereocenters. The van der Waals surface area contributed by atoms with Crippen LogP contribution in [0.4, 0.5) is 0 Å². The van der Waals surface area contributed by atoms with Gasteiger partial charge in [-0.3, -0.25) is 9.59 Å². The molecule has 0 aliphatic heterocycles. The Balaban J connectivity index is 4.31. The van der Waals surface area contributed by atoms with Gasteiger partial charge in [0.15, 0.2) is 0 Å². The number of carbonyl (C=O) groups is 3. The van der Waals surface area contributed by atoms with Crippen LogP contribution in [0.25, 0.3) is 0 Å². The van der Waals surface area contributed by atoms with Crippen molar-refractivity contribution in [3.8, 4) is 0 Å². The van der Waals surface area contributed by atoms with Gasteiger partial charge in [0.1, 0.15) is 17.7 Å². The molecule has 0 saturated carbocycles. The molecule has 0 radical (unpaired) electrons. The number of nitrogens with one attached hydrogen (secondary N) is 2. The standard InChI is InChI=1S/C12H22N2O4/c1-7(13-9(3)15)10(16)14-8(2)11(17)18-12(4,5)6/h7-8H,1-6H3,(H,13,15)(H,14,16)/t7-,8-/m0/s1. The molecule has 0 saturated heterocycles. The number of hydrogen-bond donors (Lipinski definition) is 2. The molecule has 6 heteroatoms. The maximum atomic E-state index is 11.6. The Morgan fingerprint density at radius 2 is 1.50 bits per heavy atom. The number of carbonyl (C=O) groups excluding carboxylic acids is 3. The summed E-state index contributed by atoms with van der Waals surface area (Å²) < 4.78 is 5.12. The van der Waals surface area contributed by atoms with Crippen LogP contribution in [0, 0.1) is 0 Å². The maximum absolute atomic E-state index is 11.6. The monoisotopic (exact) mass is 258 g/mol. The van der Waals surface area contributed by atoms with Crippen LogP contribution in [-0.4, -0.2) is 35.5 Å². The summed E-state index contributed by atoms with van der Waals surface area (Å²) in [4.78, 5) is 34.0. The van der Waals surface area contributed by atoms with Crippen LogP contribution in [0.1, 0.15) is 41.5 Å². The van der Waals surface area contributed by atoms with E-state index in [0.29, 0.717) is 0 Å². The van der Waals surface area contributed by atoms with Gasteiger partial charge < -0.3 is 15.4 Å². The second kappa shape index (κ2) is 6.37. The molecular weight excluding hydrogens is 236 g/mol. The van der Waals surface area contributed by atoms with Crippen molar-refractivity contribution < 1.29 is 19.1 Å². The van der Waals surface area contributed by atoms with E-state index in [1.807, 2.05) is 0 Å². The van der Waals surface area contributed by atoms with Crippen molar-refractivity contribution in [2.75, 3.05) is 0 Å². The highest BCUT2D eigenvalue weighted by Gasteiger charge is 2.24. The van der Waals surface area contributed by atoms with Crippen molar-refractivity contribution in [2.24, 2.45) is 0 Å². The second-order valence-corrected chi connectivity index (χ2v) is 5.19. The molecule has 0 bridgehead atoms. The van der Waals surface area contributed by atoms with Gasteiger partial charge in [-0.25, -0.2) is 4.79 Å². The van der Waals surface area contributed by atoms with E-state index in [1.165, 1.54) is 13.8 Å². The Morgan fingerprint density at radius 3 is 1.89 bits per heavy atom. The smallest absolute Gasteiger partial charge is 0.328 e. The molecule has 6 nitrogen and oxygen atoms in total. The summed E-state index contributed by atoms with van der Waals surface area (Å²) >= 11 is 0. The van der Waals surface area contributed by atoms with Crippen LogP contribution in [0.15, 0.2) is 0 Å². The quantitative estimate of drug-likeness (QED) is 0.713. The fourth-order valence-electron chi connectivity index (χ4n) is 1.16. The Bertz CT molecular complexity index is 333. The summed E-state index contributed by atoms with van der Waals surface area (Å²) in [5.74, 6) is -1.24. The molecule has 0 rings (SSSR count). The third-order valence-electron chi connectivity index (χ3n) is 1.93. The first kappa shape index (κ1) is 16.4. The van der Waals surface area contributed by atoms with E-state index in [0.717, 1.165) is 0 Å². The Kier molecular flexibility index (Phi) is 5.81. The zero-order valence-corrected chi connectivity index (χ0v) is 11.8. The minimum atomic E-state index is -0.757. The van der Waals surface area contributed by atoms with Crippen molar-refractivity contribution in [1.82, 2.24) is 10.6 Å². The van der Waals surface area contributed by atoms with Gasteiger partial charge in [0, 0.05) is 6.92 Å². The minimum absolute atomic E-state index is 0.303. The van der Waals surface area contributed by atoms with Gasteiger partial charge in [-0.05, 0) is 34.6 Å². The normalized spacial score (nSPS) is 14.3. The lowest BCUT2D eigenvalue weighted by Crippen LogP contribution is -2.50. The highest BCUT2D eigenvalue weighted by Crippen LogP contribution is 2.08. The third kappa shape index (κ3) is 6.88. The molecule has 0 aliphatic rings. The Morgan fingerprint density at radius 1 is 1.00 bits per heavy atom. The molecule has 0 aromatic heterocycles. The van der Waals surface area contributed by atoms with E-state index in [-0.39, 0.29) is 5.91 Å². The molecule has 0 aromatic carbocycles. The van der Waals surface area contributed by atoms with Crippen LogP contribution in [0.3, 0.4) is 0 Å². The molecule has 0 aromatic rings. The Labute approximate surface area is 107 Å². The number of hydrogen-bond acceptors (Lipinski definition) is 4. The first-order chi connectivity index (χ1) is 8.03. The van der Waals surface area contributed by atoms with Crippen LogP contribution in [0.5, 0.6) is 0 Å². The van der Waals surface area contributed by atoms with Crippen LogP contribution >= 0.6 is 0 Å². The maximum Gasteiger partial charge on any atom is 0.328 e. The van der Waals surface area contributed by atoms with E-state index in [4.69, 9.17) is 4.74 Å². The molecular formula is C12H22N2O4. The van der Waals surface area contributed by atoms with E-state index >= 15 is 0 Å². The number of ether oxygens (including phenoxy) is 1. The first-order valence-electron chi connectivity index (χ1n) is 5.83. The lowest BCUT2D eigenvalue weighted by atomic mass is 10.2. The van der Waals surface area contributed by atoms with Crippen molar-refractivity contribution in [2.45, 2.75) is 59.2 Å². The minimum Gasteiger partial charge on any atom is -0.458 e. The molecule has 0 heterocycles. The third-order valence-corrected chi connectivity index (χ3v) is 1.93. The summed E-state index contributed by atoms with van der Waals surface area (Å²) in [6.07, 6.45) is 0. The van der Waals surface area contributed by atoms with Crippen molar-refractivity contribution >= 4 is 17.8 Å². The van der Waals surface area contributed by atoms with Gasteiger partial charge in [0.2, 0.25) is 11.8 Å². The fraction of sp³-hybridized carbons (Fsp3) is 0.750. The van der Waals surface area contributed by atoms with Gasteiger partial charge >= 0.3 is 5.97 Å². The molecule has 0 spiro atoms. The largest absolute Gasteiger partial charge is 0.458 e. The van der Waals surface area contributed by atoms with Gasteiger partial charge in [-0.1, -0.05) is 0 Å². The van der Waals surface area contributed by atoms with Crippen molar-refractivity contribution in [1.29, 1.82) is 0 Å². The lowest BCUT2D eigenvalue weighted by Gasteiger charge is -2.23. The summed E-state index contributed by atoms with van der Waals surface area (Å²) in [7, 11) is 0. The zero-order chi connectivity index (χ0) is 14.5.